The first-order chi connectivity index (χ1) is 65.5. The highest BCUT2D eigenvalue weighted by Gasteiger charge is 2.44. The van der Waals surface area contributed by atoms with E-state index in [1.807, 2.05) is 44.2 Å². The zero-order valence-electron chi connectivity index (χ0n) is 81.6. The first-order valence-electron chi connectivity index (χ1n) is 47.5. The number of nitrogens with zero attached hydrogens (tertiary/aromatic N) is 2. The molecule has 0 unspecified atom stereocenters. The van der Waals surface area contributed by atoms with Crippen LogP contribution in [0.25, 0.3) is 0 Å². The number of aliphatic carboxylic acids is 1. The number of aliphatic hydroxyl groups excluding tert-OH is 2. The highest BCUT2D eigenvalue weighted by Crippen LogP contribution is 2.24. The van der Waals surface area contributed by atoms with E-state index in [4.69, 9.17) is 11.5 Å². The Kier molecular flexibility index (Phi) is 49.7. The summed E-state index contributed by atoms with van der Waals surface area (Å²) in [4.78, 5) is 260. The van der Waals surface area contributed by atoms with E-state index < -0.39 is 247 Å². The lowest BCUT2D eigenvalue weighted by atomic mass is 9.95. The summed E-state index contributed by atoms with van der Waals surface area (Å²) in [7, 11) is 0. The molecule has 1 saturated heterocycles. The molecule has 24 N–H and O–H groups in total. The van der Waals surface area contributed by atoms with Crippen LogP contribution in [-0.4, -0.2) is 273 Å². The third-order valence-corrected chi connectivity index (χ3v) is 23.9. The van der Waals surface area contributed by atoms with Gasteiger partial charge in [0, 0.05) is 37.7 Å². The van der Waals surface area contributed by atoms with Crippen molar-refractivity contribution in [2.45, 2.75) is 290 Å². The van der Waals surface area contributed by atoms with Crippen molar-refractivity contribution in [1.29, 1.82) is 0 Å². The van der Waals surface area contributed by atoms with Gasteiger partial charge >= 0.3 is 5.97 Å². The van der Waals surface area contributed by atoms with Crippen LogP contribution < -0.4 is 96.5 Å². The quantitative estimate of drug-likeness (QED) is 0.0224. The molecule has 4 aromatic rings. The number of likely N-dealkylation sites (tertiary alicyclic amines) is 1. The minimum Gasteiger partial charge on any atom is -0.480 e. The summed E-state index contributed by atoms with van der Waals surface area (Å²) in [6.07, 6.45) is 5.11. The molecule has 1 aromatic heterocycles. The second-order valence-corrected chi connectivity index (χ2v) is 36.7. The Bertz CT molecular complexity index is 4650. The lowest BCUT2D eigenvalue weighted by Gasteiger charge is -2.33. The summed E-state index contributed by atoms with van der Waals surface area (Å²) in [5, 5.41) is 72.4. The SMILES string of the molecule is CC[C@H](C)[C@H](NC(=O)[C@H](C)NC(=O)[C@H](Cc1cnc[nH]1)NC(=O)[C@@H]1CCCN1C(=O)[C@@H](NC(=O)[C@H](CC(C)C)NC(=O)[C@H](CO)NC(=O)[C@H](Cc1ccccc1)NC(=O)[C@H](CC(C)C)NC(=O)[C@@H](N)Cc1ccccc1)[C@@H](C)CC)C(=O)NCC(=O)NCC(=O)N[C@@H](CC(C)C)C(=O)N[C@H](C(=O)N[C@@H](CO)C(=O)N[C@@H](C)C(=O)N[C@@H](Cc1ccccc1)C(=O)N[C@@H](CCCCN)C(=O)O)[C@@H](C)CC. The molecule has 0 aliphatic carbocycles. The number of nitrogens with one attached hydrogen (secondary N) is 17. The topological polar surface area (TPSA) is 644 Å². The number of imidazole rings is 1. The van der Waals surface area contributed by atoms with Crippen LogP contribution in [-0.2, 0) is 112 Å². The number of nitrogens with two attached hydrogens (primary N) is 2. The number of hydrogen-bond acceptors (Lipinski definition) is 23. The van der Waals surface area contributed by atoms with Crippen LogP contribution in [0.3, 0.4) is 0 Å². The Balaban J connectivity index is 1.19. The van der Waals surface area contributed by atoms with Gasteiger partial charge in [-0.15, -0.1) is 0 Å². The van der Waals surface area contributed by atoms with E-state index in [1.165, 1.54) is 31.3 Å². The monoisotopic (exact) mass is 1930 g/mol. The molecule has 3 aromatic carbocycles. The van der Waals surface area contributed by atoms with Gasteiger partial charge in [0.25, 0.3) is 0 Å². The summed E-state index contributed by atoms with van der Waals surface area (Å²) >= 11 is 0. The Hall–Kier alpha value is -12.8. The highest BCUT2D eigenvalue weighted by molar-refractivity contribution is 6.01. The fraction of sp³-hybridized carbons (Fsp3) is 0.594. The van der Waals surface area contributed by atoms with E-state index in [0.717, 1.165) is 5.56 Å². The Morgan fingerprint density at radius 3 is 1.25 bits per heavy atom. The van der Waals surface area contributed by atoms with Gasteiger partial charge in [0.2, 0.25) is 100 Å². The maximum atomic E-state index is 15.0. The van der Waals surface area contributed by atoms with Crippen molar-refractivity contribution >= 4 is 106 Å². The summed E-state index contributed by atoms with van der Waals surface area (Å²) in [6.45, 7) is 20.6. The van der Waals surface area contributed by atoms with Gasteiger partial charge in [-0.05, 0) is 130 Å². The zero-order valence-corrected chi connectivity index (χ0v) is 81.6. The van der Waals surface area contributed by atoms with Crippen molar-refractivity contribution in [2.24, 2.45) is 47.0 Å². The molecular formula is C96H147N21O21. The van der Waals surface area contributed by atoms with Crippen LogP contribution in [0.5, 0.6) is 0 Å². The van der Waals surface area contributed by atoms with Gasteiger partial charge in [-0.3, -0.25) is 81.5 Å². The predicted octanol–water partition coefficient (Wildman–Crippen LogP) is -1.47. The van der Waals surface area contributed by atoms with Crippen molar-refractivity contribution in [3.8, 4) is 0 Å². The van der Waals surface area contributed by atoms with E-state index in [9.17, 15) is 96.8 Å². The standard InChI is InChI=1S/C96H147N21O21/c1-15-56(10)78(93(134)101-48-76(120)100-49-77(121)105-67(40-53(4)5)88(129)115-79(57(11)16-2)94(135)113-73(50-118)90(131)104-59(13)81(122)107-70(44-62-32-23-19-24-33-62)86(127)106-66(96(137)138)36-27-28-38-97)114-82(123)60(14)103-84(125)72(46-64-47-99-52-102-64)111-92(133)75-37-29-39-117(75)95(136)80(58(12)17-3)116-89(130)69(42-55(8)9)109-91(132)74(51-119)112-87(128)71(45-63-34-25-20-26-35-63)110-85(126)68(41-54(6)7)108-83(124)65(98)43-61-30-21-18-22-31-61/h18-26,30-35,47,52-60,65-75,78-80,118-119H,15-17,27-29,36-46,48-51,97-98H2,1-14H3,(H,99,102)(H,100,120)(H,101,134)(H,103,125)(H,104,131)(H,105,121)(H,106,127)(H,107,122)(H,108,124)(H,109,132)(H,110,126)(H,111,133)(H,112,128)(H,113,135)(H,114,123)(H,115,129)(H,116,130)(H,137,138)/t56-,57-,58-,59-,60-,65-,66-,67-,68-,69-,70-,71-,72-,73-,74-,75-,78-,79-,80-/m0/s1. The number of carboxylic acid groups (broad SMARTS) is 1. The first-order valence-corrected chi connectivity index (χ1v) is 47.5. The van der Waals surface area contributed by atoms with Crippen molar-refractivity contribution in [1.82, 2.24) is 99.9 Å². The number of carboxylic acids is 1. The van der Waals surface area contributed by atoms with E-state index in [0.29, 0.717) is 61.9 Å². The summed E-state index contributed by atoms with van der Waals surface area (Å²) in [6, 6.07) is 4.70. The maximum absolute atomic E-state index is 15.0. The summed E-state index contributed by atoms with van der Waals surface area (Å²) in [5.74, 6) is -17.9. The number of rotatable bonds is 60. The van der Waals surface area contributed by atoms with Crippen LogP contribution in [0.4, 0.5) is 0 Å². The molecule has 1 aliphatic heterocycles. The van der Waals surface area contributed by atoms with E-state index in [1.54, 1.807) is 130 Å². The molecule has 762 valence electrons. The number of aromatic amines is 1. The van der Waals surface area contributed by atoms with E-state index >= 15 is 4.79 Å². The Labute approximate surface area is 806 Å². The van der Waals surface area contributed by atoms with Gasteiger partial charge < -0.3 is 122 Å². The molecule has 1 aliphatic rings. The fourth-order valence-corrected chi connectivity index (χ4v) is 15.2. The number of aliphatic hydroxyl groups is 2. The second kappa shape index (κ2) is 59.3. The number of carbonyl (C=O) groups is 18. The molecule has 42 heteroatoms. The van der Waals surface area contributed by atoms with Crippen molar-refractivity contribution in [3.63, 3.8) is 0 Å². The van der Waals surface area contributed by atoms with Crippen LogP contribution >= 0.6 is 0 Å². The molecule has 19 atom stereocenters. The molecule has 17 amide bonds. The maximum Gasteiger partial charge on any atom is 0.326 e. The summed E-state index contributed by atoms with van der Waals surface area (Å²) in [5.41, 5.74) is 14.3. The smallest absolute Gasteiger partial charge is 0.326 e. The van der Waals surface area contributed by atoms with Gasteiger partial charge in [0.1, 0.15) is 90.6 Å². The zero-order chi connectivity index (χ0) is 103. The molecule has 0 spiro atoms. The molecule has 138 heavy (non-hydrogen) atoms. The average Bonchev–Trinajstić information content (AvgIpc) is 1.61. The van der Waals surface area contributed by atoms with Crippen molar-refractivity contribution in [2.75, 3.05) is 39.4 Å². The fourth-order valence-electron chi connectivity index (χ4n) is 15.2. The molecule has 0 saturated carbocycles. The molecular weight excluding hydrogens is 1780 g/mol. The van der Waals surface area contributed by atoms with Crippen molar-refractivity contribution < 1.29 is 102 Å². The largest absolute Gasteiger partial charge is 0.480 e. The average molecular weight is 1930 g/mol. The Morgan fingerprint density at radius 2 is 0.783 bits per heavy atom. The van der Waals surface area contributed by atoms with Crippen LogP contribution in [0, 0.1) is 35.5 Å². The van der Waals surface area contributed by atoms with Crippen LogP contribution in [0.2, 0.25) is 0 Å². The number of amides is 17. The van der Waals surface area contributed by atoms with Crippen LogP contribution in [0.15, 0.2) is 104 Å². The number of benzene rings is 3. The van der Waals surface area contributed by atoms with E-state index in [-0.39, 0.29) is 82.1 Å². The predicted molar refractivity (Wildman–Crippen MR) is 511 cm³/mol. The van der Waals surface area contributed by atoms with Gasteiger partial charge in [0.05, 0.1) is 38.7 Å². The lowest BCUT2D eigenvalue weighted by Crippen LogP contribution is -2.62. The van der Waals surface area contributed by atoms with Gasteiger partial charge in [-0.1, -0.05) is 193 Å². The second-order valence-electron chi connectivity index (χ2n) is 36.7. The van der Waals surface area contributed by atoms with Gasteiger partial charge in [-0.25, -0.2) is 9.78 Å². The normalized spacial score (nSPS) is 16.3. The minimum atomic E-state index is -1.69. The summed E-state index contributed by atoms with van der Waals surface area (Å²) < 4.78 is 0. The number of unbranched alkanes of at least 4 members (excludes halogenated alkanes) is 1. The molecule has 5 rings (SSSR count). The van der Waals surface area contributed by atoms with E-state index in [2.05, 4.69) is 95.0 Å². The first kappa shape index (κ1) is 116. The number of carbonyl (C=O) groups excluding carboxylic acids is 17. The molecule has 2 heterocycles. The van der Waals surface area contributed by atoms with Gasteiger partial charge in [-0.2, -0.15) is 0 Å². The van der Waals surface area contributed by atoms with Crippen LogP contribution in [0.1, 0.15) is 190 Å². The number of aromatic nitrogens is 2. The molecule has 0 radical (unpaired) electrons. The minimum absolute atomic E-state index is 0.000352. The molecule has 0 bridgehead atoms. The Morgan fingerprint density at radius 1 is 0.406 bits per heavy atom. The van der Waals surface area contributed by atoms with Gasteiger partial charge in [0.15, 0.2) is 0 Å². The number of H-pyrrole nitrogens is 1. The third-order valence-electron chi connectivity index (χ3n) is 23.9. The lowest BCUT2D eigenvalue weighted by molar-refractivity contribution is -0.143. The molecule has 42 nitrogen and oxygen atoms in total. The molecule has 1 fully saturated rings. The van der Waals surface area contributed by atoms with Crippen molar-refractivity contribution in [3.05, 3.63) is 126 Å². The highest BCUT2D eigenvalue weighted by atomic mass is 16.4. The number of hydrogen-bond donors (Lipinski definition) is 22. The third kappa shape index (κ3) is 39.0.